The van der Waals surface area contributed by atoms with E-state index in [1.807, 2.05) is 17.0 Å². The Morgan fingerprint density at radius 2 is 1.70 bits per heavy atom. The molecule has 1 heterocycles. The maximum Gasteiger partial charge on any atom is 0.248 e. The van der Waals surface area contributed by atoms with E-state index >= 15 is 0 Å². The van der Waals surface area contributed by atoms with Gasteiger partial charge in [-0.15, -0.1) is 0 Å². The van der Waals surface area contributed by atoms with Crippen LogP contribution in [-0.2, 0) is 11.2 Å². The van der Waals surface area contributed by atoms with Crippen LogP contribution in [0.5, 0.6) is 0 Å². The molecule has 5 heteroatoms. The van der Waals surface area contributed by atoms with Crippen molar-refractivity contribution in [2.75, 3.05) is 26.2 Å². The summed E-state index contributed by atoms with van der Waals surface area (Å²) in [6, 6.07) is 7.97. The van der Waals surface area contributed by atoms with Gasteiger partial charge < -0.3 is 10.6 Å². The van der Waals surface area contributed by atoms with Crippen LogP contribution in [0.4, 0.5) is 0 Å². The zero-order valence-corrected chi connectivity index (χ0v) is 13.5. The monoisotopic (exact) mass is 315 g/mol. The summed E-state index contributed by atoms with van der Waals surface area (Å²) in [6.45, 7) is 3.75. The number of carbonyl (C=O) groups excluding carboxylic acids is 2. The average molecular weight is 315 g/mol. The lowest BCUT2D eigenvalue weighted by Gasteiger charge is -2.43. The summed E-state index contributed by atoms with van der Waals surface area (Å²) in [4.78, 5) is 27.9. The summed E-state index contributed by atoms with van der Waals surface area (Å²) in [5.41, 5.74) is 6.80. The van der Waals surface area contributed by atoms with Gasteiger partial charge in [0, 0.05) is 44.2 Å². The number of carbonyl (C=O) groups is 2. The molecule has 0 radical (unpaired) electrons. The molecule has 2 fully saturated rings. The predicted octanol–water partition coefficient (Wildman–Crippen LogP) is 1.41. The van der Waals surface area contributed by atoms with Crippen molar-refractivity contribution in [1.29, 1.82) is 0 Å². The Hall–Kier alpha value is -1.88. The van der Waals surface area contributed by atoms with E-state index in [1.165, 1.54) is 19.3 Å². The van der Waals surface area contributed by atoms with Crippen molar-refractivity contribution >= 4 is 11.8 Å². The molecule has 1 aromatic carbocycles. The lowest BCUT2D eigenvalue weighted by Crippen LogP contribution is -2.53. The molecule has 2 aliphatic rings. The standard InChI is InChI=1S/C18H25N3O2/c19-18(23)15-7-4-14(5-8-15)6-9-17(22)21-12-10-20(11-13-21)16-2-1-3-16/h4-5,7-8,16H,1-3,6,9-13H2,(H2,19,23). The van der Waals surface area contributed by atoms with Gasteiger partial charge in [0.2, 0.25) is 11.8 Å². The van der Waals surface area contributed by atoms with Crippen LogP contribution in [0.15, 0.2) is 24.3 Å². The SMILES string of the molecule is NC(=O)c1ccc(CCC(=O)N2CCN(C3CCC3)CC2)cc1. The van der Waals surface area contributed by atoms with Gasteiger partial charge in [0.15, 0.2) is 0 Å². The highest BCUT2D eigenvalue weighted by molar-refractivity contribution is 5.92. The Morgan fingerprint density at radius 3 is 2.22 bits per heavy atom. The van der Waals surface area contributed by atoms with Crippen LogP contribution < -0.4 is 5.73 Å². The highest BCUT2D eigenvalue weighted by Gasteiger charge is 2.29. The first kappa shape index (κ1) is 16.0. The summed E-state index contributed by atoms with van der Waals surface area (Å²) in [5, 5.41) is 0. The van der Waals surface area contributed by atoms with E-state index in [-0.39, 0.29) is 5.91 Å². The molecule has 2 amide bonds. The second kappa shape index (κ2) is 7.13. The van der Waals surface area contributed by atoms with Gasteiger partial charge in [0.25, 0.3) is 0 Å². The van der Waals surface area contributed by atoms with Crippen molar-refractivity contribution < 1.29 is 9.59 Å². The fraction of sp³-hybridized carbons (Fsp3) is 0.556. The second-order valence-electron chi connectivity index (χ2n) is 6.56. The van der Waals surface area contributed by atoms with Gasteiger partial charge in [0.1, 0.15) is 0 Å². The number of hydrogen-bond acceptors (Lipinski definition) is 3. The number of nitrogens with zero attached hydrogens (tertiary/aromatic N) is 2. The van der Waals surface area contributed by atoms with Gasteiger partial charge >= 0.3 is 0 Å². The first-order chi connectivity index (χ1) is 11.1. The zero-order valence-electron chi connectivity index (χ0n) is 13.5. The molecule has 1 aromatic rings. The number of aryl methyl sites for hydroxylation is 1. The number of amides is 2. The molecule has 0 atom stereocenters. The molecular formula is C18H25N3O2. The molecular weight excluding hydrogens is 290 g/mol. The molecule has 1 saturated heterocycles. The van der Waals surface area contributed by atoms with E-state index in [1.54, 1.807) is 12.1 Å². The van der Waals surface area contributed by atoms with Gasteiger partial charge in [-0.05, 0) is 37.0 Å². The van der Waals surface area contributed by atoms with Gasteiger partial charge in [-0.25, -0.2) is 0 Å². The van der Waals surface area contributed by atoms with Crippen LogP contribution in [-0.4, -0.2) is 53.8 Å². The maximum atomic E-state index is 12.3. The van der Waals surface area contributed by atoms with Crippen molar-refractivity contribution in [3.63, 3.8) is 0 Å². The van der Waals surface area contributed by atoms with Crippen LogP contribution >= 0.6 is 0 Å². The number of piperazine rings is 1. The van der Waals surface area contributed by atoms with Crippen LogP contribution in [0.25, 0.3) is 0 Å². The van der Waals surface area contributed by atoms with Gasteiger partial charge in [-0.3, -0.25) is 14.5 Å². The third-order valence-corrected chi connectivity index (χ3v) is 5.12. The van der Waals surface area contributed by atoms with Crippen molar-refractivity contribution in [3.05, 3.63) is 35.4 Å². The lowest BCUT2D eigenvalue weighted by molar-refractivity contribution is -0.133. The minimum absolute atomic E-state index is 0.234. The highest BCUT2D eigenvalue weighted by atomic mass is 16.2. The van der Waals surface area contributed by atoms with E-state index in [4.69, 9.17) is 5.73 Å². The molecule has 2 N–H and O–H groups in total. The number of primary amides is 1. The number of benzene rings is 1. The van der Waals surface area contributed by atoms with E-state index in [0.29, 0.717) is 18.4 Å². The maximum absolute atomic E-state index is 12.3. The van der Waals surface area contributed by atoms with Crippen LogP contribution in [0.1, 0.15) is 41.6 Å². The number of nitrogens with two attached hydrogens (primary N) is 1. The molecule has 1 saturated carbocycles. The largest absolute Gasteiger partial charge is 0.366 e. The second-order valence-corrected chi connectivity index (χ2v) is 6.56. The van der Waals surface area contributed by atoms with Gasteiger partial charge in [-0.2, -0.15) is 0 Å². The molecule has 5 nitrogen and oxygen atoms in total. The molecule has 0 spiro atoms. The van der Waals surface area contributed by atoms with E-state index in [2.05, 4.69) is 4.90 Å². The molecule has 124 valence electrons. The Labute approximate surface area is 137 Å². The van der Waals surface area contributed by atoms with E-state index < -0.39 is 5.91 Å². The van der Waals surface area contributed by atoms with Crippen LogP contribution in [0.3, 0.4) is 0 Å². The quantitative estimate of drug-likeness (QED) is 0.893. The normalized spacial score (nSPS) is 19.4. The summed E-state index contributed by atoms with van der Waals surface area (Å²) >= 11 is 0. The first-order valence-corrected chi connectivity index (χ1v) is 8.54. The third kappa shape index (κ3) is 3.91. The van der Waals surface area contributed by atoms with E-state index in [0.717, 1.165) is 37.8 Å². The molecule has 0 aromatic heterocycles. The fourth-order valence-electron chi connectivity index (χ4n) is 3.33. The molecule has 0 unspecified atom stereocenters. The Balaban J connectivity index is 1.43. The molecule has 0 bridgehead atoms. The summed E-state index contributed by atoms with van der Waals surface area (Å²) in [6.07, 6.45) is 5.25. The smallest absolute Gasteiger partial charge is 0.248 e. The Morgan fingerprint density at radius 1 is 1.04 bits per heavy atom. The Kier molecular flexibility index (Phi) is 4.96. The van der Waals surface area contributed by atoms with Crippen molar-refractivity contribution in [2.24, 2.45) is 5.73 Å². The molecule has 23 heavy (non-hydrogen) atoms. The average Bonchev–Trinajstić information content (AvgIpc) is 2.52. The van der Waals surface area contributed by atoms with Gasteiger partial charge in [-0.1, -0.05) is 18.6 Å². The number of rotatable bonds is 5. The zero-order chi connectivity index (χ0) is 16.2. The lowest BCUT2D eigenvalue weighted by atomic mass is 9.91. The van der Waals surface area contributed by atoms with Crippen molar-refractivity contribution in [1.82, 2.24) is 9.80 Å². The van der Waals surface area contributed by atoms with E-state index in [9.17, 15) is 9.59 Å². The van der Waals surface area contributed by atoms with Crippen molar-refractivity contribution in [3.8, 4) is 0 Å². The van der Waals surface area contributed by atoms with Gasteiger partial charge in [0.05, 0.1) is 0 Å². The summed E-state index contributed by atoms with van der Waals surface area (Å²) in [5.74, 6) is -0.186. The first-order valence-electron chi connectivity index (χ1n) is 8.54. The number of hydrogen-bond donors (Lipinski definition) is 1. The minimum Gasteiger partial charge on any atom is -0.366 e. The fourth-order valence-corrected chi connectivity index (χ4v) is 3.33. The summed E-state index contributed by atoms with van der Waals surface area (Å²) in [7, 11) is 0. The van der Waals surface area contributed by atoms with Crippen molar-refractivity contribution in [2.45, 2.75) is 38.1 Å². The topological polar surface area (TPSA) is 66.6 Å². The Bertz CT molecular complexity index is 558. The minimum atomic E-state index is -0.419. The summed E-state index contributed by atoms with van der Waals surface area (Å²) < 4.78 is 0. The third-order valence-electron chi connectivity index (χ3n) is 5.12. The molecule has 1 aliphatic heterocycles. The van der Waals surface area contributed by atoms with Crippen LogP contribution in [0, 0.1) is 0 Å². The molecule has 3 rings (SSSR count). The van der Waals surface area contributed by atoms with Crippen LogP contribution in [0.2, 0.25) is 0 Å². The predicted molar refractivity (Wildman–Crippen MR) is 89.1 cm³/mol. The molecule has 1 aliphatic carbocycles. The highest BCUT2D eigenvalue weighted by Crippen LogP contribution is 2.25.